The fourth-order valence-corrected chi connectivity index (χ4v) is 3.17. The van der Waals surface area contributed by atoms with Gasteiger partial charge in [0.2, 0.25) is 11.8 Å². The van der Waals surface area contributed by atoms with Crippen molar-refractivity contribution >= 4 is 29.3 Å². The molecule has 140 valence electrons. The maximum Gasteiger partial charge on any atom is 0.277 e. The van der Waals surface area contributed by atoms with Crippen LogP contribution < -0.4 is 10.1 Å². The van der Waals surface area contributed by atoms with Crippen LogP contribution in [0.1, 0.15) is 12.5 Å². The largest absolute Gasteiger partial charge is 0.497 e. The van der Waals surface area contributed by atoms with Gasteiger partial charge in [0.25, 0.3) is 5.22 Å². The minimum Gasteiger partial charge on any atom is -0.497 e. The molecule has 1 N–H and O–H groups in total. The minimum atomic E-state index is -0.379. The van der Waals surface area contributed by atoms with Crippen LogP contribution in [0.2, 0.25) is 5.02 Å². The molecule has 0 spiro atoms. The quantitative estimate of drug-likeness (QED) is 0.596. The van der Waals surface area contributed by atoms with Gasteiger partial charge in [0.05, 0.1) is 12.4 Å². The molecule has 0 aliphatic heterocycles. The first-order valence-electron chi connectivity index (χ1n) is 8.22. The molecule has 0 bridgehead atoms. The van der Waals surface area contributed by atoms with Gasteiger partial charge in [-0.2, -0.15) is 0 Å². The number of amides is 1. The zero-order chi connectivity index (χ0) is 19.2. The second kappa shape index (κ2) is 8.92. The predicted molar refractivity (Wildman–Crippen MR) is 105 cm³/mol. The second-order valence-corrected chi connectivity index (χ2v) is 7.44. The van der Waals surface area contributed by atoms with E-state index in [1.165, 1.54) is 11.8 Å². The van der Waals surface area contributed by atoms with E-state index >= 15 is 0 Å². The zero-order valence-corrected chi connectivity index (χ0v) is 16.4. The van der Waals surface area contributed by atoms with Gasteiger partial charge in [0, 0.05) is 17.1 Å². The van der Waals surface area contributed by atoms with Crippen molar-refractivity contribution in [2.24, 2.45) is 0 Å². The Kier molecular flexibility index (Phi) is 6.36. The van der Waals surface area contributed by atoms with Crippen molar-refractivity contribution in [3.63, 3.8) is 0 Å². The van der Waals surface area contributed by atoms with Gasteiger partial charge in [-0.1, -0.05) is 41.6 Å². The SMILES string of the molecule is COc1ccc(CNC(=O)[C@H](C)Sc2nnc(-c3cccc(Cl)c3)o2)cc1. The number of rotatable bonds is 7. The first-order valence-corrected chi connectivity index (χ1v) is 9.47. The Hall–Kier alpha value is -2.51. The molecule has 0 aliphatic rings. The number of carbonyl (C=O) groups is 1. The molecule has 1 amide bonds. The molecule has 1 heterocycles. The number of ether oxygens (including phenoxy) is 1. The average molecular weight is 404 g/mol. The highest BCUT2D eigenvalue weighted by molar-refractivity contribution is 8.00. The molecule has 8 heteroatoms. The molecule has 0 radical (unpaired) electrons. The van der Waals surface area contributed by atoms with Gasteiger partial charge in [0.1, 0.15) is 5.75 Å². The van der Waals surface area contributed by atoms with E-state index < -0.39 is 0 Å². The summed E-state index contributed by atoms with van der Waals surface area (Å²) in [6, 6.07) is 14.7. The molecule has 0 saturated heterocycles. The van der Waals surface area contributed by atoms with Crippen LogP contribution in [0.25, 0.3) is 11.5 Å². The van der Waals surface area contributed by atoms with Crippen LogP contribution in [-0.4, -0.2) is 28.5 Å². The van der Waals surface area contributed by atoms with Crippen molar-refractivity contribution < 1.29 is 13.9 Å². The number of nitrogens with zero attached hydrogens (tertiary/aromatic N) is 2. The molecule has 6 nitrogen and oxygen atoms in total. The van der Waals surface area contributed by atoms with E-state index in [9.17, 15) is 4.79 Å². The Labute approximate surface area is 166 Å². The minimum absolute atomic E-state index is 0.113. The summed E-state index contributed by atoms with van der Waals surface area (Å²) in [6.07, 6.45) is 0. The van der Waals surface area contributed by atoms with Crippen LogP contribution in [0, 0.1) is 0 Å². The lowest BCUT2D eigenvalue weighted by atomic mass is 10.2. The number of thioether (sulfide) groups is 1. The third-order valence-electron chi connectivity index (χ3n) is 3.75. The number of methoxy groups -OCH3 is 1. The fraction of sp³-hybridized carbons (Fsp3) is 0.211. The first-order chi connectivity index (χ1) is 13.0. The Bertz CT molecular complexity index is 915. The summed E-state index contributed by atoms with van der Waals surface area (Å²) >= 11 is 7.18. The lowest BCUT2D eigenvalue weighted by molar-refractivity contribution is -0.120. The molecule has 0 saturated carbocycles. The van der Waals surface area contributed by atoms with Crippen LogP contribution in [0.3, 0.4) is 0 Å². The van der Waals surface area contributed by atoms with Gasteiger partial charge in [-0.05, 0) is 42.8 Å². The van der Waals surface area contributed by atoms with Crippen molar-refractivity contribution in [3.05, 3.63) is 59.1 Å². The monoisotopic (exact) mass is 403 g/mol. The van der Waals surface area contributed by atoms with Gasteiger partial charge in [-0.25, -0.2) is 0 Å². The van der Waals surface area contributed by atoms with E-state index in [2.05, 4.69) is 15.5 Å². The summed E-state index contributed by atoms with van der Waals surface area (Å²) in [4.78, 5) is 12.3. The molecule has 0 unspecified atom stereocenters. The van der Waals surface area contributed by atoms with Gasteiger partial charge in [-0.3, -0.25) is 4.79 Å². The van der Waals surface area contributed by atoms with E-state index in [1.807, 2.05) is 36.4 Å². The third kappa shape index (κ3) is 5.24. The normalized spacial score (nSPS) is 11.8. The van der Waals surface area contributed by atoms with Gasteiger partial charge < -0.3 is 14.5 Å². The van der Waals surface area contributed by atoms with Gasteiger partial charge >= 0.3 is 0 Å². The maximum atomic E-state index is 12.3. The second-order valence-electron chi connectivity index (χ2n) is 5.71. The standard InChI is InChI=1S/C19H18ClN3O3S/c1-12(17(24)21-11-13-6-8-16(25-2)9-7-13)27-19-23-22-18(26-19)14-4-3-5-15(20)10-14/h3-10,12H,11H2,1-2H3,(H,21,24)/t12-/m0/s1. The molecule has 1 atom stereocenters. The Morgan fingerprint density at radius 2 is 2.04 bits per heavy atom. The van der Waals surface area contributed by atoms with Gasteiger partial charge in [-0.15, -0.1) is 10.2 Å². The summed E-state index contributed by atoms with van der Waals surface area (Å²) in [5, 5.41) is 11.4. The van der Waals surface area contributed by atoms with Crippen LogP contribution >= 0.6 is 23.4 Å². The Morgan fingerprint density at radius 1 is 1.26 bits per heavy atom. The highest BCUT2D eigenvalue weighted by Gasteiger charge is 2.18. The predicted octanol–water partition coefficient (Wildman–Crippen LogP) is 4.20. The number of carbonyl (C=O) groups excluding carboxylic acids is 1. The van der Waals surface area contributed by atoms with Crippen LogP contribution in [0.5, 0.6) is 5.75 Å². The molecule has 3 rings (SSSR count). The molecule has 3 aromatic rings. The highest BCUT2D eigenvalue weighted by atomic mass is 35.5. The number of halogens is 1. The van der Waals surface area contributed by atoms with E-state index in [4.69, 9.17) is 20.8 Å². The van der Waals surface area contributed by atoms with E-state index in [0.29, 0.717) is 22.7 Å². The van der Waals surface area contributed by atoms with Crippen molar-refractivity contribution in [1.29, 1.82) is 0 Å². The zero-order valence-electron chi connectivity index (χ0n) is 14.8. The summed E-state index contributed by atoms with van der Waals surface area (Å²) in [6.45, 7) is 2.22. The molecular weight excluding hydrogens is 386 g/mol. The topological polar surface area (TPSA) is 77.2 Å². The van der Waals surface area contributed by atoms with Crippen molar-refractivity contribution in [2.45, 2.75) is 23.9 Å². The van der Waals surface area contributed by atoms with Crippen molar-refractivity contribution in [1.82, 2.24) is 15.5 Å². The number of hydrogen-bond acceptors (Lipinski definition) is 6. The fourth-order valence-electron chi connectivity index (χ4n) is 2.28. The summed E-state index contributed by atoms with van der Waals surface area (Å²) in [7, 11) is 1.62. The molecule has 0 fully saturated rings. The van der Waals surface area contributed by atoms with Crippen LogP contribution in [-0.2, 0) is 11.3 Å². The van der Waals surface area contributed by atoms with Crippen molar-refractivity contribution in [2.75, 3.05) is 7.11 Å². The molecule has 2 aromatic carbocycles. The summed E-state index contributed by atoms with van der Waals surface area (Å²) in [5.74, 6) is 1.03. The summed E-state index contributed by atoms with van der Waals surface area (Å²) in [5.41, 5.74) is 1.72. The molecular formula is C19H18ClN3O3S. The van der Waals surface area contributed by atoms with Crippen LogP contribution in [0.4, 0.5) is 0 Å². The number of nitrogens with one attached hydrogen (secondary N) is 1. The average Bonchev–Trinajstić information content (AvgIpc) is 3.15. The highest BCUT2D eigenvalue weighted by Crippen LogP contribution is 2.27. The van der Waals surface area contributed by atoms with Crippen molar-refractivity contribution in [3.8, 4) is 17.2 Å². The molecule has 0 aliphatic carbocycles. The maximum absolute atomic E-state index is 12.3. The van der Waals surface area contributed by atoms with Gasteiger partial charge in [0.15, 0.2) is 0 Å². The van der Waals surface area contributed by atoms with Crippen LogP contribution in [0.15, 0.2) is 58.2 Å². The Balaban J connectivity index is 1.55. The molecule has 1 aromatic heterocycles. The summed E-state index contributed by atoms with van der Waals surface area (Å²) < 4.78 is 10.7. The Morgan fingerprint density at radius 3 is 2.74 bits per heavy atom. The van der Waals surface area contributed by atoms with E-state index in [-0.39, 0.29) is 11.2 Å². The lowest BCUT2D eigenvalue weighted by Gasteiger charge is -2.10. The number of hydrogen-bond donors (Lipinski definition) is 1. The number of aromatic nitrogens is 2. The van der Waals surface area contributed by atoms with E-state index in [0.717, 1.165) is 16.9 Å². The van der Waals surface area contributed by atoms with E-state index in [1.54, 1.807) is 26.2 Å². The number of benzene rings is 2. The lowest BCUT2D eigenvalue weighted by Crippen LogP contribution is -2.30. The molecule has 27 heavy (non-hydrogen) atoms. The smallest absolute Gasteiger partial charge is 0.277 e. The first kappa shape index (κ1) is 19.3. The third-order valence-corrected chi connectivity index (χ3v) is 4.92.